The molecule has 4 rings (SSSR count). The molecule has 0 unspecified atom stereocenters. The molecule has 1 atom stereocenters. The third-order valence-electron chi connectivity index (χ3n) is 6.73. The number of rotatable bonds is 10. The van der Waals surface area contributed by atoms with Crippen LogP contribution < -0.4 is 20.9 Å². The zero-order valence-corrected chi connectivity index (χ0v) is 23.6. The van der Waals surface area contributed by atoms with Crippen LogP contribution in [0.1, 0.15) is 24.0 Å². The number of nitrogens with one attached hydrogen (secondary N) is 3. The lowest BCUT2D eigenvalue weighted by molar-refractivity contribution is -0.131. The van der Waals surface area contributed by atoms with Gasteiger partial charge in [0, 0.05) is 37.1 Å². The van der Waals surface area contributed by atoms with Crippen molar-refractivity contribution in [1.29, 1.82) is 5.26 Å². The summed E-state index contributed by atoms with van der Waals surface area (Å²) in [6.45, 7) is -0.0600. The number of amides is 5. The molecule has 42 heavy (non-hydrogen) atoms. The maximum absolute atomic E-state index is 13.4. The Morgan fingerprint density at radius 3 is 2.60 bits per heavy atom. The van der Waals surface area contributed by atoms with Crippen molar-refractivity contribution in [3.05, 3.63) is 52.5 Å². The van der Waals surface area contributed by atoms with Crippen LogP contribution in [0.4, 0.5) is 35.4 Å². The molecule has 1 saturated heterocycles. The number of nitrogens with zero attached hydrogens (tertiary/aromatic N) is 3. The van der Waals surface area contributed by atoms with Crippen molar-refractivity contribution in [2.75, 3.05) is 55.4 Å². The first kappa shape index (κ1) is 31.0. The molecule has 1 saturated carbocycles. The summed E-state index contributed by atoms with van der Waals surface area (Å²) in [5, 5.41) is 17.3. The van der Waals surface area contributed by atoms with Crippen LogP contribution >= 0.6 is 11.6 Å². The first-order valence-corrected chi connectivity index (χ1v) is 13.7. The number of hydrogen-bond acceptors (Lipinski definition) is 6. The molecule has 0 radical (unpaired) electrons. The fraction of sp³-hybridized carbons (Fsp3) is 0.429. The van der Waals surface area contributed by atoms with E-state index in [9.17, 15) is 23.2 Å². The monoisotopic (exact) mass is 604 g/mol. The summed E-state index contributed by atoms with van der Waals surface area (Å²) in [6, 6.07) is 9.84. The minimum atomic E-state index is -2.76. The standard InChI is InChI=1S/C28H31ClF2N6O5/c1-41-16-19-10-20(6-7-23(19)37(15-25(30)31)27(39)33-13-17-2-3-17)35-28(40)36-8-9-42-24(14-36)26(38)34-21-5-4-18(12-32)22(29)11-21/h4-7,10-11,17,24-25H,2-3,8-9,13-16H2,1H3,(H,33,39)(H,34,38)(H,35,40)/t24-/m0/s1. The van der Waals surface area contributed by atoms with Gasteiger partial charge >= 0.3 is 12.1 Å². The molecule has 2 aliphatic rings. The van der Waals surface area contributed by atoms with E-state index < -0.39 is 37.0 Å². The molecule has 11 nitrogen and oxygen atoms in total. The molecule has 2 fully saturated rings. The van der Waals surface area contributed by atoms with Crippen molar-refractivity contribution in [1.82, 2.24) is 10.2 Å². The minimum Gasteiger partial charge on any atom is -0.380 e. The van der Waals surface area contributed by atoms with E-state index >= 15 is 0 Å². The van der Waals surface area contributed by atoms with Gasteiger partial charge in [-0.15, -0.1) is 0 Å². The Hall–Kier alpha value is -3.99. The van der Waals surface area contributed by atoms with Crippen LogP contribution in [0.5, 0.6) is 0 Å². The summed E-state index contributed by atoms with van der Waals surface area (Å²) < 4.78 is 37.6. The zero-order valence-electron chi connectivity index (χ0n) is 22.9. The van der Waals surface area contributed by atoms with Crippen molar-refractivity contribution in [3.8, 4) is 6.07 Å². The summed E-state index contributed by atoms with van der Waals surface area (Å²) in [4.78, 5) is 41.1. The van der Waals surface area contributed by atoms with Crippen LogP contribution in [-0.2, 0) is 20.9 Å². The Kier molecular flexibility index (Phi) is 10.5. The largest absolute Gasteiger partial charge is 0.380 e. The summed E-state index contributed by atoms with van der Waals surface area (Å²) in [5.74, 6) is -0.113. The number of alkyl halides is 2. The Labute approximate surface area is 246 Å². The number of carbonyl (C=O) groups is 3. The van der Waals surface area contributed by atoms with Gasteiger partial charge in [-0.05, 0) is 55.2 Å². The highest BCUT2D eigenvalue weighted by atomic mass is 35.5. The number of anilines is 3. The van der Waals surface area contributed by atoms with Crippen LogP contribution in [0.25, 0.3) is 0 Å². The number of urea groups is 2. The van der Waals surface area contributed by atoms with Crippen LogP contribution in [0.2, 0.25) is 5.02 Å². The molecule has 1 heterocycles. The van der Waals surface area contributed by atoms with Crippen LogP contribution in [-0.4, -0.2) is 75.3 Å². The van der Waals surface area contributed by atoms with Gasteiger partial charge in [-0.2, -0.15) is 5.26 Å². The SMILES string of the molecule is COCc1cc(NC(=O)N2CCO[C@H](C(=O)Nc3ccc(C#N)c(Cl)c3)C2)ccc1N(CC(F)F)C(=O)NCC1CC1. The van der Waals surface area contributed by atoms with Gasteiger partial charge in [0.25, 0.3) is 12.3 Å². The van der Waals surface area contributed by atoms with Gasteiger partial charge in [0.1, 0.15) is 6.07 Å². The lowest BCUT2D eigenvalue weighted by Gasteiger charge is -2.32. The maximum Gasteiger partial charge on any atom is 0.322 e. The van der Waals surface area contributed by atoms with E-state index in [0.29, 0.717) is 29.4 Å². The van der Waals surface area contributed by atoms with Gasteiger partial charge in [0.15, 0.2) is 6.10 Å². The van der Waals surface area contributed by atoms with Crippen molar-refractivity contribution in [2.45, 2.75) is 32.0 Å². The Balaban J connectivity index is 1.42. The molecule has 1 aliphatic heterocycles. The Bertz CT molecular complexity index is 1350. The molecule has 14 heteroatoms. The van der Waals surface area contributed by atoms with Crippen molar-refractivity contribution in [3.63, 3.8) is 0 Å². The van der Waals surface area contributed by atoms with E-state index in [0.717, 1.165) is 17.7 Å². The number of benzene rings is 2. The maximum atomic E-state index is 13.4. The number of carbonyl (C=O) groups excluding carboxylic acids is 3. The number of methoxy groups -OCH3 is 1. The smallest absolute Gasteiger partial charge is 0.322 e. The fourth-order valence-corrected chi connectivity index (χ4v) is 4.60. The van der Waals surface area contributed by atoms with Gasteiger partial charge in [0.2, 0.25) is 0 Å². The minimum absolute atomic E-state index is 0.00779. The molecule has 1 aliphatic carbocycles. The molecule has 2 aromatic rings. The first-order valence-electron chi connectivity index (χ1n) is 13.3. The number of nitriles is 1. The molecular formula is C28H31ClF2N6O5. The number of hydrogen-bond donors (Lipinski definition) is 3. The summed E-state index contributed by atoms with van der Waals surface area (Å²) in [5.41, 5.74) is 1.67. The third-order valence-corrected chi connectivity index (χ3v) is 7.04. The van der Waals surface area contributed by atoms with Gasteiger partial charge in [0.05, 0.1) is 42.6 Å². The second kappa shape index (κ2) is 14.3. The van der Waals surface area contributed by atoms with E-state index in [4.69, 9.17) is 26.3 Å². The molecule has 0 spiro atoms. The number of ether oxygens (including phenoxy) is 2. The average molecular weight is 605 g/mol. The lowest BCUT2D eigenvalue weighted by Crippen LogP contribution is -2.51. The summed E-state index contributed by atoms with van der Waals surface area (Å²) in [7, 11) is 1.43. The van der Waals surface area contributed by atoms with Crippen LogP contribution in [0.3, 0.4) is 0 Å². The van der Waals surface area contributed by atoms with Crippen LogP contribution in [0, 0.1) is 17.2 Å². The number of halogens is 3. The topological polar surface area (TPSA) is 136 Å². The summed E-state index contributed by atoms with van der Waals surface area (Å²) >= 11 is 6.03. The predicted molar refractivity (Wildman–Crippen MR) is 152 cm³/mol. The van der Waals surface area contributed by atoms with Gasteiger partial charge in [-0.25, -0.2) is 18.4 Å². The van der Waals surface area contributed by atoms with Crippen molar-refractivity contribution >= 4 is 46.6 Å². The predicted octanol–water partition coefficient (Wildman–Crippen LogP) is 4.42. The average Bonchev–Trinajstić information content (AvgIpc) is 3.80. The van der Waals surface area contributed by atoms with E-state index in [1.807, 2.05) is 6.07 Å². The molecule has 224 valence electrons. The highest BCUT2D eigenvalue weighted by Gasteiger charge is 2.30. The Morgan fingerprint density at radius 2 is 1.93 bits per heavy atom. The summed E-state index contributed by atoms with van der Waals surface area (Å²) in [6.07, 6.45) is -1.72. The van der Waals surface area contributed by atoms with E-state index in [1.54, 1.807) is 6.07 Å². The molecule has 3 N–H and O–H groups in total. The second-order valence-electron chi connectivity index (χ2n) is 9.94. The zero-order chi connectivity index (χ0) is 30.2. The van der Waals surface area contributed by atoms with Gasteiger partial charge in [-0.1, -0.05) is 11.6 Å². The Morgan fingerprint density at radius 1 is 1.19 bits per heavy atom. The highest BCUT2D eigenvalue weighted by Crippen LogP contribution is 2.29. The highest BCUT2D eigenvalue weighted by molar-refractivity contribution is 6.32. The van der Waals surface area contributed by atoms with E-state index in [-0.39, 0.29) is 42.6 Å². The quantitative estimate of drug-likeness (QED) is 0.367. The van der Waals surface area contributed by atoms with Crippen LogP contribution in [0.15, 0.2) is 36.4 Å². The van der Waals surface area contributed by atoms with Crippen molar-refractivity contribution < 1.29 is 32.6 Å². The van der Waals surface area contributed by atoms with Crippen molar-refractivity contribution in [2.24, 2.45) is 5.92 Å². The van der Waals surface area contributed by atoms with E-state index in [2.05, 4.69) is 16.0 Å². The first-order chi connectivity index (χ1) is 20.2. The lowest BCUT2D eigenvalue weighted by atomic mass is 10.1. The molecule has 2 aromatic carbocycles. The second-order valence-corrected chi connectivity index (χ2v) is 10.3. The van der Waals surface area contributed by atoms with Gasteiger partial charge < -0.3 is 30.3 Å². The van der Waals surface area contributed by atoms with E-state index in [1.165, 1.54) is 42.3 Å². The fourth-order valence-electron chi connectivity index (χ4n) is 4.38. The van der Waals surface area contributed by atoms with Gasteiger partial charge in [-0.3, -0.25) is 9.69 Å². The third kappa shape index (κ3) is 8.28. The number of morpholine rings is 1. The molecule has 0 aromatic heterocycles. The molecular weight excluding hydrogens is 574 g/mol. The normalized spacial score (nSPS) is 16.5. The molecule has 0 bridgehead atoms. The molecule has 5 amide bonds.